The summed E-state index contributed by atoms with van der Waals surface area (Å²) in [5, 5.41) is 14.8. The summed E-state index contributed by atoms with van der Waals surface area (Å²) in [4.78, 5) is 12.4. The van der Waals surface area contributed by atoms with Crippen LogP contribution >= 0.6 is 11.3 Å². The van der Waals surface area contributed by atoms with Crippen molar-refractivity contribution in [2.24, 2.45) is 5.10 Å². The molecule has 0 fully saturated rings. The molecule has 0 saturated heterocycles. The smallest absolute Gasteiger partial charge is 0.273 e. The maximum absolute atomic E-state index is 12.4. The second-order valence-electron chi connectivity index (χ2n) is 5.37. The summed E-state index contributed by atoms with van der Waals surface area (Å²) in [6.07, 6.45) is 1.41. The number of phenolic OH excluding ortho intramolecular Hbond substituents is 1. The summed E-state index contributed by atoms with van der Waals surface area (Å²) in [5.41, 5.74) is 3.33. The summed E-state index contributed by atoms with van der Waals surface area (Å²) in [6, 6.07) is 15.6. The van der Waals surface area contributed by atoms with Gasteiger partial charge in [0.25, 0.3) is 15.9 Å². The van der Waals surface area contributed by atoms with Gasteiger partial charge >= 0.3 is 0 Å². The van der Waals surface area contributed by atoms with Gasteiger partial charge in [0.1, 0.15) is 9.96 Å². The summed E-state index contributed by atoms with van der Waals surface area (Å²) >= 11 is 1.08. The molecule has 7 nitrogen and oxygen atoms in total. The lowest BCUT2D eigenvalue weighted by molar-refractivity contribution is 0.0956. The molecule has 138 valence electrons. The summed E-state index contributed by atoms with van der Waals surface area (Å²) in [5.74, 6) is -0.433. The van der Waals surface area contributed by atoms with Gasteiger partial charge in [-0.2, -0.15) is 5.10 Å². The molecule has 0 saturated carbocycles. The number of carbonyl (C=O) groups is 1. The van der Waals surface area contributed by atoms with Crippen LogP contribution in [0.4, 0.5) is 5.69 Å². The van der Waals surface area contributed by atoms with Gasteiger partial charge in [-0.05, 0) is 53.4 Å². The number of nitrogens with zero attached hydrogens (tertiary/aromatic N) is 1. The summed E-state index contributed by atoms with van der Waals surface area (Å²) in [7, 11) is -3.77. The third-order valence-electron chi connectivity index (χ3n) is 3.45. The number of rotatable bonds is 6. The number of phenols is 1. The highest BCUT2D eigenvalue weighted by atomic mass is 32.2. The van der Waals surface area contributed by atoms with Gasteiger partial charge < -0.3 is 5.11 Å². The minimum atomic E-state index is -3.77. The molecule has 9 heteroatoms. The first kappa shape index (κ1) is 18.6. The number of carbonyl (C=O) groups excluding carboxylic acids is 1. The molecule has 0 spiro atoms. The van der Waals surface area contributed by atoms with Crippen LogP contribution in [0.1, 0.15) is 15.9 Å². The minimum absolute atomic E-state index is 0.128. The van der Waals surface area contributed by atoms with Crippen LogP contribution in [0.15, 0.2) is 75.4 Å². The monoisotopic (exact) mass is 401 g/mol. The van der Waals surface area contributed by atoms with Crippen molar-refractivity contribution in [2.45, 2.75) is 4.21 Å². The van der Waals surface area contributed by atoms with Gasteiger partial charge in [0.15, 0.2) is 0 Å². The molecule has 0 bridgehead atoms. The maximum Gasteiger partial charge on any atom is 0.273 e. The van der Waals surface area contributed by atoms with Gasteiger partial charge in [-0.1, -0.05) is 18.2 Å². The zero-order chi connectivity index (χ0) is 19.3. The number of hydrogen-bond donors (Lipinski definition) is 3. The topological polar surface area (TPSA) is 108 Å². The Hall–Kier alpha value is -3.17. The van der Waals surface area contributed by atoms with Crippen LogP contribution in [0.25, 0.3) is 0 Å². The van der Waals surface area contributed by atoms with Crippen molar-refractivity contribution in [3.05, 3.63) is 77.2 Å². The van der Waals surface area contributed by atoms with Crippen LogP contribution in [0.5, 0.6) is 5.75 Å². The highest BCUT2D eigenvalue weighted by Gasteiger charge is 2.19. The lowest BCUT2D eigenvalue weighted by Crippen LogP contribution is -2.21. The number of thiophene rings is 1. The van der Waals surface area contributed by atoms with Gasteiger partial charge in [0.05, 0.1) is 17.5 Å². The molecule has 0 aliphatic heterocycles. The molecule has 3 N–H and O–H groups in total. The SMILES string of the molecule is O=C(N/N=C/c1ccc(O)cc1)c1ccccc1NS(=O)(=O)c1cccs1. The third-order valence-corrected chi connectivity index (χ3v) is 6.21. The quantitative estimate of drug-likeness (QED) is 0.436. The number of sulfonamides is 1. The minimum Gasteiger partial charge on any atom is -0.508 e. The Kier molecular flexibility index (Phi) is 5.53. The van der Waals surface area contributed by atoms with Crippen LogP contribution in [0, 0.1) is 0 Å². The van der Waals surface area contributed by atoms with Gasteiger partial charge in [-0.25, -0.2) is 13.8 Å². The van der Waals surface area contributed by atoms with E-state index in [1.54, 1.807) is 35.7 Å². The first-order valence-electron chi connectivity index (χ1n) is 7.73. The third kappa shape index (κ3) is 4.72. The van der Waals surface area contributed by atoms with E-state index in [2.05, 4.69) is 15.2 Å². The molecule has 1 amide bonds. The highest BCUT2D eigenvalue weighted by Crippen LogP contribution is 2.22. The normalized spacial score (nSPS) is 11.4. The van der Waals surface area contributed by atoms with E-state index in [9.17, 15) is 18.3 Å². The number of nitrogens with one attached hydrogen (secondary N) is 2. The lowest BCUT2D eigenvalue weighted by atomic mass is 10.2. The first-order chi connectivity index (χ1) is 13.0. The predicted octanol–water partition coefficient (Wildman–Crippen LogP) is 3.02. The van der Waals surface area contributed by atoms with E-state index in [1.807, 2.05) is 0 Å². The van der Waals surface area contributed by atoms with Gasteiger partial charge in [-0.15, -0.1) is 11.3 Å². The molecular formula is C18H15N3O4S2. The number of anilines is 1. The number of para-hydroxylation sites is 1. The standard InChI is InChI=1S/C18H15N3O4S2/c22-14-9-7-13(8-10-14)12-19-20-18(23)15-4-1-2-5-16(15)21-27(24,25)17-6-3-11-26-17/h1-12,21-22H,(H,20,23)/b19-12+. The summed E-state index contributed by atoms with van der Waals surface area (Å²) in [6.45, 7) is 0. The second kappa shape index (κ2) is 8.02. The second-order valence-corrected chi connectivity index (χ2v) is 8.23. The maximum atomic E-state index is 12.4. The number of hydrogen-bond acceptors (Lipinski definition) is 6. The molecule has 0 radical (unpaired) electrons. The lowest BCUT2D eigenvalue weighted by Gasteiger charge is -2.10. The van der Waals surface area contributed by atoms with Crippen molar-refractivity contribution in [2.75, 3.05) is 4.72 Å². The van der Waals surface area contributed by atoms with Crippen molar-refractivity contribution >= 4 is 39.2 Å². The number of benzene rings is 2. The first-order valence-corrected chi connectivity index (χ1v) is 10.1. The Labute approximate surface area is 160 Å². The molecule has 0 unspecified atom stereocenters. The van der Waals surface area contributed by atoms with E-state index in [1.165, 1.54) is 36.5 Å². The molecule has 0 aliphatic rings. The zero-order valence-corrected chi connectivity index (χ0v) is 15.5. The molecule has 0 aliphatic carbocycles. The molecule has 1 heterocycles. The molecule has 3 rings (SSSR count). The van der Waals surface area contributed by atoms with Crippen molar-refractivity contribution in [3.8, 4) is 5.75 Å². The van der Waals surface area contributed by atoms with Crippen molar-refractivity contribution in [1.29, 1.82) is 0 Å². The molecule has 1 aromatic heterocycles. The zero-order valence-electron chi connectivity index (χ0n) is 13.9. The summed E-state index contributed by atoms with van der Waals surface area (Å²) < 4.78 is 27.3. The van der Waals surface area contributed by atoms with Crippen LogP contribution in [-0.4, -0.2) is 25.6 Å². The number of aromatic hydroxyl groups is 1. The fourth-order valence-electron chi connectivity index (χ4n) is 2.17. The number of amides is 1. The van der Waals surface area contributed by atoms with Crippen molar-refractivity contribution in [1.82, 2.24) is 5.43 Å². The Balaban J connectivity index is 1.75. The number of hydrazone groups is 1. The Morgan fingerprint density at radius 1 is 1.04 bits per heavy atom. The molecule has 2 aromatic carbocycles. The fraction of sp³-hybridized carbons (Fsp3) is 0. The average Bonchev–Trinajstić information content (AvgIpc) is 3.19. The Bertz CT molecular complexity index is 1060. The fourth-order valence-corrected chi connectivity index (χ4v) is 4.24. The van der Waals surface area contributed by atoms with E-state index in [4.69, 9.17) is 0 Å². The van der Waals surface area contributed by atoms with E-state index < -0.39 is 15.9 Å². The van der Waals surface area contributed by atoms with E-state index in [0.717, 1.165) is 11.3 Å². The average molecular weight is 401 g/mol. The van der Waals surface area contributed by atoms with Crippen molar-refractivity contribution in [3.63, 3.8) is 0 Å². The van der Waals surface area contributed by atoms with Gasteiger partial charge in [0.2, 0.25) is 0 Å². The van der Waals surface area contributed by atoms with Gasteiger partial charge in [0, 0.05) is 0 Å². The van der Waals surface area contributed by atoms with Crippen LogP contribution < -0.4 is 10.1 Å². The van der Waals surface area contributed by atoms with Crippen LogP contribution in [-0.2, 0) is 10.0 Å². The molecule has 27 heavy (non-hydrogen) atoms. The van der Waals surface area contributed by atoms with Crippen LogP contribution in [0.3, 0.4) is 0 Å². The van der Waals surface area contributed by atoms with E-state index in [-0.39, 0.29) is 21.2 Å². The largest absolute Gasteiger partial charge is 0.508 e. The molecule has 0 atom stereocenters. The van der Waals surface area contributed by atoms with E-state index in [0.29, 0.717) is 5.56 Å². The molecule has 3 aromatic rings. The highest BCUT2D eigenvalue weighted by molar-refractivity contribution is 7.94. The molecular weight excluding hydrogens is 386 g/mol. The van der Waals surface area contributed by atoms with E-state index >= 15 is 0 Å². The predicted molar refractivity (Wildman–Crippen MR) is 105 cm³/mol. The Morgan fingerprint density at radius 2 is 1.78 bits per heavy atom. The van der Waals surface area contributed by atoms with Crippen molar-refractivity contribution < 1.29 is 18.3 Å². The van der Waals surface area contributed by atoms with Crippen LogP contribution in [0.2, 0.25) is 0 Å². The van der Waals surface area contributed by atoms with Gasteiger partial charge in [-0.3, -0.25) is 9.52 Å². The Morgan fingerprint density at radius 3 is 2.48 bits per heavy atom.